The topological polar surface area (TPSA) is 43.8 Å². The molecule has 3 nitrogen and oxygen atoms in total. The number of benzene rings is 2. The van der Waals surface area contributed by atoms with Crippen LogP contribution < -0.4 is 5.73 Å². The van der Waals surface area contributed by atoms with Crippen LogP contribution in [0.2, 0.25) is 0 Å². The van der Waals surface area contributed by atoms with Gasteiger partial charge in [0.05, 0.1) is 5.56 Å². The minimum absolute atomic E-state index is 0.646. The first-order valence-corrected chi connectivity index (χ1v) is 8.00. The van der Waals surface area contributed by atoms with Crippen molar-refractivity contribution in [1.29, 1.82) is 0 Å². The highest BCUT2D eigenvalue weighted by Gasteiger charge is 2.20. The number of anilines is 1. The summed E-state index contributed by atoms with van der Waals surface area (Å²) in [4.78, 5) is 0. The second kappa shape index (κ2) is 5.66. The lowest BCUT2D eigenvalue weighted by Gasteiger charge is -2.08. The molecule has 0 bridgehead atoms. The molecule has 2 aromatic carbocycles. The summed E-state index contributed by atoms with van der Waals surface area (Å²) in [6.45, 7) is 0. The molecule has 3 rings (SSSR count). The number of hydrogen-bond donors (Lipinski definition) is 1. The zero-order valence-corrected chi connectivity index (χ0v) is 14.5. The van der Waals surface area contributed by atoms with Crippen molar-refractivity contribution < 1.29 is 0 Å². The quantitative estimate of drug-likeness (QED) is 0.660. The van der Waals surface area contributed by atoms with E-state index in [0.717, 1.165) is 31.3 Å². The zero-order chi connectivity index (χ0) is 15.0. The van der Waals surface area contributed by atoms with Gasteiger partial charge in [0.25, 0.3) is 0 Å². The van der Waals surface area contributed by atoms with E-state index in [9.17, 15) is 0 Å². The van der Waals surface area contributed by atoms with Gasteiger partial charge >= 0.3 is 0 Å². The molecular formula is C16H13Br2N3. The Balaban J connectivity index is 2.32. The number of nitrogens with two attached hydrogens (primary N) is 1. The molecule has 3 aromatic rings. The molecule has 0 saturated heterocycles. The Bertz CT molecular complexity index is 809. The maximum atomic E-state index is 6.26. The summed E-state index contributed by atoms with van der Waals surface area (Å²) in [5, 5.41) is 4.60. The molecule has 0 aliphatic carbocycles. The first-order valence-electron chi connectivity index (χ1n) is 6.42. The van der Waals surface area contributed by atoms with Crippen LogP contribution in [0.3, 0.4) is 0 Å². The first kappa shape index (κ1) is 14.4. The largest absolute Gasteiger partial charge is 0.383 e. The van der Waals surface area contributed by atoms with Crippen LogP contribution in [0.5, 0.6) is 0 Å². The highest BCUT2D eigenvalue weighted by molar-refractivity contribution is 9.11. The predicted molar refractivity (Wildman–Crippen MR) is 93.9 cm³/mol. The van der Waals surface area contributed by atoms with E-state index in [4.69, 9.17) is 5.73 Å². The molecule has 0 amide bonds. The van der Waals surface area contributed by atoms with E-state index in [2.05, 4.69) is 37.0 Å². The molecule has 0 spiro atoms. The van der Waals surface area contributed by atoms with Crippen LogP contribution in [0.4, 0.5) is 5.82 Å². The van der Waals surface area contributed by atoms with Crippen molar-refractivity contribution in [3.8, 4) is 22.4 Å². The molecule has 1 heterocycles. The van der Waals surface area contributed by atoms with Gasteiger partial charge in [-0.05, 0) is 12.1 Å². The summed E-state index contributed by atoms with van der Waals surface area (Å²) >= 11 is 7.19. The van der Waals surface area contributed by atoms with Crippen molar-refractivity contribution in [2.75, 3.05) is 5.73 Å². The predicted octanol–water partition coefficient (Wildman–Crippen LogP) is 4.86. The zero-order valence-electron chi connectivity index (χ0n) is 11.3. The number of rotatable bonds is 2. The fourth-order valence-electron chi connectivity index (χ4n) is 2.31. The van der Waals surface area contributed by atoms with E-state index in [1.54, 1.807) is 4.68 Å². The van der Waals surface area contributed by atoms with Crippen molar-refractivity contribution in [1.82, 2.24) is 9.78 Å². The second-order valence-corrected chi connectivity index (χ2v) is 6.40. The molecule has 0 fully saturated rings. The number of aromatic nitrogens is 2. The molecule has 0 aliphatic rings. The van der Waals surface area contributed by atoms with E-state index >= 15 is 0 Å². The smallest absolute Gasteiger partial charge is 0.129 e. The van der Waals surface area contributed by atoms with Gasteiger partial charge in [-0.2, -0.15) is 5.10 Å². The van der Waals surface area contributed by atoms with Crippen molar-refractivity contribution in [3.63, 3.8) is 0 Å². The number of nitrogen functional groups attached to an aromatic ring is 1. The third-order valence-electron chi connectivity index (χ3n) is 3.36. The Labute approximate surface area is 140 Å². The van der Waals surface area contributed by atoms with Gasteiger partial charge in [0.15, 0.2) is 0 Å². The Morgan fingerprint density at radius 1 is 0.905 bits per heavy atom. The van der Waals surface area contributed by atoms with E-state index in [-0.39, 0.29) is 0 Å². The average molecular weight is 407 g/mol. The van der Waals surface area contributed by atoms with Gasteiger partial charge in [0, 0.05) is 27.1 Å². The monoisotopic (exact) mass is 405 g/mol. The third-order valence-corrected chi connectivity index (χ3v) is 4.75. The van der Waals surface area contributed by atoms with E-state index in [1.807, 2.05) is 55.6 Å². The fraction of sp³-hybridized carbons (Fsp3) is 0.0625. The molecule has 106 valence electrons. The number of hydrogen-bond acceptors (Lipinski definition) is 2. The van der Waals surface area contributed by atoms with Gasteiger partial charge in [-0.15, -0.1) is 0 Å². The van der Waals surface area contributed by atoms with Crippen molar-refractivity contribution >= 4 is 37.7 Å². The van der Waals surface area contributed by atoms with Gasteiger partial charge in [-0.3, -0.25) is 4.68 Å². The summed E-state index contributed by atoms with van der Waals surface area (Å²) in [7, 11) is 1.86. The molecule has 1 aromatic heterocycles. The van der Waals surface area contributed by atoms with Crippen LogP contribution in [-0.4, -0.2) is 9.78 Å². The van der Waals surface area contributed by atoms with Gasteiger partial charge < -0.3 is 5.73 Å². The minimum Gasteiger partial charge on any atom is -0.383 e. The summed E-state index contributed by atoms with van der Waals surface area (Å²) in [6.07, 6.45) is 0. The maximum Gasteiger partial charge on any atom is 0.129 e. The van der Waals surface area contributed by atoms with Crippen molar-refractivity contribution in [3.05, 3.63) is 57.5 Å². The molecule has 2 N–H and O–H groups in total. The molecule has 0 atom stereocenters. The summed E-state index contributed by atoms with van der Waals surface area (Å²) < 4.78 is 3.71. The standard InChI is InChI=1S/C16H13Br2N3/c1-21-16(19)14(10-6-2-4-8-12(10)17)15(20-21)11-7-3-5-9-13(11)18/h2-9H,19H2,1H3. The molecule has 21 heavy (non-hydrogen) atoms. The molecular weight excluding hydrogens is 394 g/mol. The van der Waals surface area contributed by atoms with Crippen LogP contribution in [0.15, 0.2) is 57.5 Å². The fourth-order valence-corrected chi connectivity index (χ4v) is 3.26. The molecule has 5 heteroatoms. The lowest BCUT2D eigenvalue weighted by Crippen LogP contribution is -1.98. The third kappa shape index (κ3) is 2.51. The number of aryl methyl sites for hydroxylation is 1. The van der Waals surface area contributed by atoms with Crippen LogP contribution in [0.25, 0.3) is 22.4 Å². The van der Waals surface area contributed by atoms with Crippen LogP contribution >= 0.6 is 31.9 Å². The highest BCUT2D eigenvalue weighted by Crippen LogP contribution is 2.41. The van der Waals surface area contributed by atoms with Crippen LogP contribution in [0.1, 0.15) is 0 Å². The molecule has 0 aliphatic heterocycles. The van der Waals surface area contributed by atoms with Crippen molar-refractivity contribution in [2.24, 2.45) is 7.05 Å². The average Bonchev–Trinajstić information content (AvgIpc) is 2.76. The highest BCUT2D eigenvalue weighted by atomic mass is 79.9. The summed E-state index contributed by atoms with van der Waals surface area (Å²) in [5.74, 6) is 0.646. The second-order valence-electron chi connectivity index (χ2n) is 4.69. The SMILES string of the molecule is Cn1nc(-c2ccccc2Br)c(-c2ccccc2Br)c1N. The van der Waals surface area contributed by atoms with Gasteiger partial charge in [0.2, 0.25) is 0 Å². The number of halogens is 2. The summed E-state index contributed by atoms with van der Waals surface area (Å²) in [5.41, 5.74) is 10.1. The Morgan fingerprint density at radius 3 is 2.00 bits per heavy atom. The minimum atomic E-state index is 0.646. The van der Waals surface area contributed by atoms with Gasteiger partial charge in [0.1, 0.15) is 11.5 Å². The maximum absolute atomic E-state index is 6.26. The van der Waals surface area contributed by atoms with E-state index < -0.39 is 0 Å². The van der Waals surface area contributed by atoms with Gasteiger partial charge in [-0.25, -0.2) is 0 Å². The Hall–Kier alpha value is -1.59. The van der Waals surface area contributed by atoms with Gasteiger partial charge in [-0.1, -0.05) is 68.3 Å². The normalized spacial score (nSPS) is 10.8. The first-order chi connectivity index (χ1) is 10.1. The Kier molecular flexibility index (Phi) is 3.87. The number of nitrogens with zero attached hydrogens (tertiary/aromatic N) is 2. The van der Waals surface area contributed by atoms with Crippen molar-refractivity contribution in [2.45, 2.75) is 0 Å². The molecule has 0 unspecified atom stereocenters. The van der Waals surface area contributed by atoms with E-state index in [1.165, 1.54) is 0 Å². The lowest BCUT2D eigenvalue weighted by molar-refractivity contribution is 0.782. The molecule has 0 radical (unpaired) electrons. The van der Waals surface area contributed by atoms with Crippen LogP contribution in [0, 0.1) is 0 Å². The molecule has 0 saturated carbocycles. The van der Waals surface area contributed by atoms with Crippen LogP contribution in [-0.2, 0) is 7.05 Å². The van der Waals surface area contributed by atoms with E-state index in [0.29, 0.717) is 5.82 Å². The Morgan fingerprint density at radius 2 is 1.43 bits per heavy atom. The lowest BCUT2D eigenvalue weighted by atomic mass is 10.0. The summed E-state index contributed by atoms with van der Waals surface area (Å²) in [6, 6.07) is 16.0.